The van der Waals surface area contributed by atoms with Crippen LogP contribution in [-0.2, 0) is 4.74 Å². The number of para-hydroxylation sites is 1. The average molecular weight is 263 g/mol. The van der Waals surface area contributed by atoms with Crippen LogP contribution >= 0.6 is 0 Å². The van der Waals surface area contributed by atoms with E-state index in [2.05, 4.69) is 38.2 Å². The first-order valence-electron chi connectivity index (χ1n) is 7.66. The first kappa shape index (κ1) is 16.0. The lowest BCUT2D eigenvalue weighted by Crippen LogP contribution is -2.24. The molecule has 1 aromatic carbocycles. The van der Waals surface area contributed by atoms with Gasteiger partial charge in [0.1, 0.15) is 0 Å². The molecular weight excluding hydrogens is 234 g/mol. The van der Waals surface area contributed by atoms with Gasteiger partial charge in [-0.2, -0.15) is 0 Å². The van der Waals surface area contributed by atoms with Crippen LogP contribution in [0.4, 0.5) is 5.69 Å². The predicted molar refractivity (Wildman–Crippen MR) is 83.7 cm³/mol. The Morgan fingerprint density at radius 3 is 2.42 bits per heavy atom. The van der Waals surface area contributed by atoms with Gasteiger partial charge in [-0.25, -0.2) is 0 Å². The normalized spacial score (nSPS) is 14.1. The minimum atomic E-state index is 0.251. The van der Waals surface area contributed by atoms with Crippen molar-refractivity contribution in [2.24, 2.45) is 0 Å². The molecule has 0 aliphatic heterocycles. The molecule has 0 amide bonds. The molecule has 0 radical (unpaired) electrons. The maximum absolute atomic E-state index is 5.99. The molecule has 2 atom stereocenters. The maximum atomic E-state index is 5.99. The highest BCUT2D eigenvalue weighted by molar-refractivity contribution is 5.42. The lowest BCUT2D eigenvalue weighted by molar-refractivity contribution is 0.0101. The van der Waals surface area contributed by atoms with Gasteiger partial charge < -0.3 is 10.1 Å². The van der Waals surface area contributed by atoms with E-state index in [0.29, 0.717) is 6.10 Å². The molecule has 1 rings (SSSR count). The largest absolute Gasteiger partial charge is 0.382 e. The van der Waals surface area contributed by atoms with Gasteiger partial charge in [0.2, 0.25) is 0 Å². The van der Waals surface area contributed by atoms with Gasteiger partial charge >= 0.3 is 0 Å². The van der Waals surface area contributed by atoms with Crippen molar-refractivity contribution in [2.75, 3.05) is 11.9 Å². The first-order valence-corrected chi connectivity index (χ1v) is 7.66. The van der Waals surface area contributed by atoms with Crippen molar-refractivity contribution in [1.82, 2.24) is 0 Å². The van der Waals surface area contributed by atoms with Crippen LogP contribution in [0.2, 0.25) is 0 Å². The van der Waals surface area contributed by atoms with Gasteiger partial charge in [0.15, 0.2) is 0 Å². The minimum absolute atomic E-state index is 0.251. The molecular formula is C17H29NO. The van der Waals surface area contributed by atoms with Crippen molar-refractivity contribution >= 4 is 5.69 Å². The zero-order valence-electron chi connectivity index (χ0n) is 12.7. The number of rotatable bonds is 10. The Hall–Kier alpha value is -1.02. The van der Waals surface area contributed by atoms with E-state index in [4.69, 9.17) is 4.74 Å². The summed E-state index contributed by atoms with van der Waals surface area (Å²) >= 11 is 0. The van der Waals surface area contributed by atoms with E-state index in [1.165, 1.54) is 32.1 Å². The second-order valence-electron chi connectivity index (χ2n) is 5.35. The molecule has 0 spiro atoms. The fourth-order valence-electron chi connectivity index (χ4n) is 2.19. The van der Waals surface area contributed by atoms with E-state index < -0.39 is 0 Å². The summed E-state index contributed by atoms with van der Waals surface area (Å²) in [6.45, 7) is 7.43. The molecule has 1 aromatic rings. The van der Waals surface area contributed by atoms with Gasteiger partial charge in [0.05, 0.1) is 12.2 Å². The van der Waals surface area contributed by atoms with Gasteiger partial charge in [-0.05, 0) is 32.4 Å². The van der Waals surface area contributed by atoms with E-state index in [1.807, 2.05) is 18.2 Å². The Kier molecular flexibility index (Phi) is 8.31. The number of unbranched alkanes of at least 4 members (excludes halogenated alkanes) is 3. The molecule has 2 unspecified atom stereocenters. The quantitative estimate of drug-likeness (QED) is 0.608. The summed E-state index contributed by atoms with van der Waals surface area (Å²) in [5, 5.41) is 3.40. The summed E-state index contributed by atoms with van der Waals surface area (Å²) in [4.78, 5) is 0. The lowest BCUT2D eigenvalue weighted by Gasteiger charge is -2.20. The van der Waals surface area contributed by atoms with E-state index in [0.717, 1.165) is 12.2 Å². The second kappa shape index (κ2) is 9.85. The highest BCUT2D eigenvalue weighted by Gasteiger charge is 2.08. The van der Waals surface area contributed by atoms with Crippen molar-refractivity contribution in [3.05, 3.63) is 30.3 Å². The fourth-order valence-corrected chi connectivity index (χ4v) is 2.19. The molecule has 1 N–H and O–H groups in total. The molecule has 0 saturated carbocycles. The van der Waals surface area contributed by atoms with E-state index in [1.54, 1.807) is 0 Å². The Balaban J connectivity index is 2.11. The summed E-state index contributed by atoms with van der Waals surface area (Å²) in [5.41, 5.74) is 1.16. The third-order valence-corrected chi connectivity index (χ3v) is 3.30. The Morgan fingerprint density at radius 2 is 1.74 bits per heavy atom. The van der Waals surface area contributed by atoms with Crippen LogP contribution in [-0.4, -0.2) is 18.8 Å². The van der Waals surface area contributed by atoms with Crippen molar-refractivity contribution < 1.29 is 4.74 Å². The van der Waals surface area contributed by atoms with E-state index in [9.17, 15) is 0 Å². The number of benzene rings is 1. The molecule has 0 saturated heterocycles. The van der Waals surface area contributed by atoms with Crippen LogP contribution in [0.1, 0.15) is 52.9 Å². The second-order valence-corrected chi connectivity index (χ2v) is 5.35. The van der Waals surface area contributed by atoms with Crippen molar-refractivity contribution in [3.63, 3.8) is 0 Å². The monoisotopic (exact) mass is 263 g/mol. The molecule has 0 fully saturated rings. The highest BCUT2D eigenvalue weighted by Crippen LogP contribution is 2.11. The topological polar surface area (TPSA) is 21.3 Å². The van der Waals surface area contributed by atoms with Crippen LogP contribution in [0.3, 0.4) is 0 Å². The molecule has 108 valence electrons. The summed E-state index contributed by atoms with van der Waals surface area (Å²) in [6, 6.07) is 10.3. The Labute approximate surface area is 118 Å². The summed E-state index contributed by atoms with van der Waals surface area (Å²) in [6.07, 6.45) is 7.06. The van der Waals surface area contributed by atoms with Gasteiger partial charge in [-0.1, -0.05) is 50.8 Å². The summed E-state index contributed by atoms with van der Waals surface area (Å²) in [5.74, 6) is 0. The summed E-state index contributed by atoms with van der Waals surface area (Å²) in [7, 11) is 0. The van der Waals surface area contributed by atoms with E-state index in [-0.39, 0.29) is 6.10 Å². The summed E-state index contributed by atoms with van der Waals surface area (Å²) < 4.78 is 5.99. The van der Waals surface area contributed by atoms with Crippen LogP contribution in [0, 0.1) is 0 Å². The number of anilines is 1. The molecule has 0 aliphatic carbocycles. The van der Waals surface area contributed by atoms with E-state index >= 15 is 0 Å². The smallest absolute Gasteiger partial charge is 0.0722 e. The van der Waals surface area contributed by atoms with Crippen LogP contribution < -0.4 is 5.32 Å². The third kappa shape index (κ3) is 7.89. The van der Waals surface area contributed by atoms with Gasteiger partial charge in [-0.3, -0.25) is 0 Å². The molecule has 2 heteroatoms. The van der Waals surface area contributed by atoms with Gasteiger partial charge in [-0.15, -0.1) is 0 Å². The van der Waals surface area contributed by atoms with Crippen LogP contribution in [0.15, 0.2) is 30.3 Å². The van der Waals surface area contributed by atoms with Crippen molar-refractivity contribution in [2.45, 2.75) is 65.1 Å². The Bertz CT molecular complexity index is 312. The lowest BCUT2D eigenvalue weighted by atomic mass is 10.1. The van der Waals surface area contributed by atoms with Gasteiger partial charge in [0.25, 0.3) is 0 Å². The fraction of sp³-hybridized carbons (Fsp3) is 0.647. The van der Waals surface area contributed by atoms with Crippen molar-refractivity contribution in [1.29, 1.82) is 0 Å². The standard InChI is InChI=1S/C17H29NO/c1-4-5-6-8-11-15(2)19-16(3)14-18-17-12-9-7-10-13-17/h7,9-10,12-13,15-16,18H,4-6,8,11,14H2,1-3H3. The zero-order valence-corrected chi connectivity index (χ0v) is 12.7. The minimum Gasteiger partial charge on any atom is -0.382 e. The molecule has 0 heterocycles. The SMILES string of the molecule is CCCCCCC(C)OC(C)CNc1ccccc1. The van der Waals surface area contributed by atoms with Crippen LogP contribution in [0.5, 0.6) is 0 Å². The molecule has 0 aliphatic rings. The number of hydrogen-bond donors (Lipinski definition) is 1. The molecule has 2 nitrogen and oxygen atoms in total. The highest BCUT2D eigenvalue weighted by atomic mass is 16.5. The molecule has 0 bridgehead atoms. The van der Waals surface area contributed by atoms with Crippen molar-refractivity contribution in [3.8, 4) is 0 Å². The predicted octanol–water partition coefficient (Wildman–Crippen LogP) is 4.86. The Morgan fingerprint density at radius 1 is 1.00 bits per heavy atom. The third-order valence-electron chi connectivity index (χ3n) is 3.30. The van der Waals surface area contributed by atoms with Crippen LogP contribution in [0.25, 0.3) is 0 Å². The molecule has 0 aromatic heterocycles. The van der Waals surface area contributed by atoms with Gasteiger partial charge in [0, 0.05) is 12.2 Å². The molecule has 19 heavy (non-hydrogen) atoms. The number of hydrogen-bond acceptors (Lipinski definition) is 2. The number of ether oxygens (including phenoxy) is 1. The first-order chi connectivity index (χ1) is 9.22. The maximum Gasteiger partial charge on any atom is 0.0722 e. The number of nitrogens with one attached hydrogen (secondary N) is 1. The zero-order chi connectivity index (χ0) is 13.9. The average Bonchev–Trinajstić information content (AvgIpc) is 2.42.